The third-order valence-corrected chi connectivity index (χ3v) is 5.78. The second-order valence-electron chi connectivity index (χ2n) is 8.87. The van der Waals surface area contributed by atoms with Crippen LogP contribution >= 0.6 is 0 Å². The molecule has 1 fully saturated rings. The molecule has 1 saturated heterocycles. The minimum Gasteiger partial charge on any atom is -0.382 e. The van der Waals surface area contributed by atoms with Crippen molar-refractivity contribution < 1.29 is 14.3 Å². The van der Waals surface area contributed by atoms with Crippen LogP contribution in [0.4, 0.5) is 5.69 Å². The SMILES string of the molecule is Cc1nn(-c2ccc(C(N)=O)c(NC[C@H]3CCCO3)c2)c2c1C(=O)CC(C)(C)C2. The molecule has 2 aliphatic rings. The first-order chi connectivity index (χ1) is 13.7. The number of primary amides is 1. The molecule has 1 aromatic heterocycles. The van der Waals surface area contributed by atoms with Crippen LogP contribution in [0.3, 0.4) is 0 Å². The zero-order chi connectivity index (χ0) is 20.8. The number of ether oxygens (including phenoxy) is 1. The highest BCUT2D eigenvalue weighted by Crippen LogP contribution is 2.37. The van der Waals surface area contributed by atoms with E-state index >= 15 is 0 Å². The Morgan fingerprint density at radius 3 is 2.86 bits per heavy atom. The molecule has 0 radical (unpaired) electrons. The topological polar surface area (TPSA) is 99.2 Å². The maximum absolute atomic E-state index is 12.7. The van der Waals surface area contributed by atoms with Crippen LogP contribution in [0.5, 0.6) is 0 Å². The summed E-state index contributed by atoms with van der Waals surface area (Å²) < 4.78 is 7.51. The smallest absolute Gasteiger partial charge is 0.250 e. The fourth-order valence-electron chi connectivity index (χ4n) is 4.41. The van der Waals surface area contributed by atoms with Gasteiger partial charge in [-0.15, -0.1) is 0 Å². The molecule has 0 unspecified atom stereocenters. The van der Waals surface area contributed by atoms with Crippen molar-refractivity contribution in [2.45, 2.75) is 52.6 Å². The number of anilines is 1. The number of amides is 1. The maximum Gasteiger partial charge on any atom is 0.250 e. The van der Waals surface area contributed by atoms with Crippen molar-refractivity contribution >= 4 is 17.4 Å². The van der Waals surface area contributed by atoms with E-state index in [0.29, 0.717) is 24.2 Å². The van der Waals surface area contributed by atoms with Gasteiger partial charge in [0.2, 0.25) is 0 Å². The molecular formula is C22H28N4O3. The first-order valence-corrected chi connectivity index (χ1v) is 10.2. The Hall–Kier alpha value is -2.67. The Bertz CT molecular complexity index is 971. The van der Waals surface area contributed by atoms with E-state index in [-0.39, 0.29) is 17.3 Å². The molecule has 3 N–H and O–H groups in total. The minimum atomic E-state index is -0.485. The predicted molar refractivity (Wildman–Crippen MR) is 111 cm³/mol. The quantitative estimate of drug-likeness (QED) is 0.809. The summed E-state index contributed by atoms with van der Waals surface area (Å²) in [4.78, 5) is 24.6. The highest BCUT2D eigenvalue weighted by Gasteiger charge is 2.35. The van der Waals surface area contributed by atoms with Gasteiger partial charge in [-0.05, 0) is 49.8 Å². The molecule has 1 aromatic carbocycles. The molecule has 0 spiro atoms. The number of aromatic nitrogens is 2. The number of hydrogen-bond donors (Lipinski definition) is 2. The van der Waals surface area contributed by atoms with Crippen molar-refractivity contribution in [1.29, 1.82) is 0 Å². The van der Waals surface area contributed by atoms with E-state index in [1.807, 2.05) is 23.7 Å². The van der Waals surface area contributed by atoms with Crippen LogP contribution in [0.25, 0.3) is 5.69 Å². The summed E-state index contributed by atoms with van der Waals surface area (Å²) in [5.74, 6) is -0.341. The molecule has 1 atom stereocenters. The molecule has 1 amide bonds. The lowest BCUT2D eigenvalue weighted by Gasteiger charge is -2.29. The van der Waals surface area contributed by atoms with Crippen LogP contribution in [-0.4, -0.2) is 40.7 Å². The zero-order valence-corrected chi connectivity index (χ0v) is 17.2. The van der Waals surface area contributed by atoms with Gasteiger partial charge in [0.1, 0.15) is 0 Å². The van der Waals surface area contributed by atoms with E-state index in [2.05, 4.69) is 24.3 Å². The third kappa shape index (κ3) is 3.79. The van der Waals surface area contributed by atoms with Gasteiger partial charge in [0.05, 0.1) is 34.3 Å². The lowest BCUT2D eigenvalue weighted by molar-refractivity contribution is 0.0909. The van der Waals surface area contributed by atoms with Gasteiger partial charge in [0, 0.05) is 25.3 Å². The van der Waals surface area contributed by atoms with Crippen molar-refractivity contribution in [3.05, 3.63) is 40.7 Å². The largest absolute Gasteiger partial charge is 0.382 e. The van der Waals surface area contributed by atoms with Crippen LogP contribution in [0.15, 0.2) is 18.2 Å². The number of nitrogens with one attached hydrogen (secondary N) is 1. The lowest BCUT2D eigenvalue weighted by atomic mass is 9.75. The van der Waals surface area contributed by atoms with Crippen LogP contribution < -0.4 is 11.1 Å². The third-order valence-electron chi connectivity index (χ3n) is 5.78. The monoisotopic (exact) mass is 396 g/mol. The molecule has 29 heavy (non-hydrogen) atoms. The lowest BCUT2D eigenvalue weighted by Crippen LogP contribution is -2.28. The first kappa shape index (κ1) is 19.6. The Balaban J connectivity index is 1.72. The Morgan fingerprint density at radius 1 is 1.38 bits per heavy atom. The van der Waals surface area contributed by atoms with Gasteiger partial charge in [-0.3, -0.25) is 9.59 Å². The molecule has 1 aliphatic heterocycles. The van der Waals surface area contributed by atoms with Gasteiger partial charge < -0.3 is 15.8 Å². The molecule has 4 rings (SSSR count). The Morgan fingerprint density at radius 2 is 2.17 bits per heavy atom. The number of carbonyl (C=O) groups excluding carboxylic acids is 2. The summed E-state index contributed by atoms with van der Waals surface area (Å²) in [5.41, 5.74) is 9.78. The number of rotatable bonds is 5. The highest BCUT2D eigenvalue weighted by atomic mass is 16.5. The average molecular weight is 396 g/mol. The summed E-state index contributed by atoms with van der Waals surface area (Å²) in [6.07, 6.45) is 3.49. The molecule has 154 valence electrons. The number of benzene rings is 1. The van der Waals surface area contributed by atoms with Crippen LogP contribution in [0.2, 0.25) is 0 Å². The summed E-state index contributed by atoms with van der Waals surface area (Å²) in [7, 11) is 0. The highest BCUT2D eigenvalue weighted by molar-refractivity contribution is 6.00. The number of carbonyl (C=O) groups is 2. The molecule has 2 heterocycles. The molecular weight excluding hydrogens is 368 g/mol. The van der Waals surface area contributed by atoms with Crippen LogP contribution in [-0.2, 0) is 11.2 Å². The molecule has 1 aliphatic carbocycles. The normalized spacial score (nSPS) is 20.5. The fraction of sp³-hybridized carbons (Fsp3) is 0.500. The summed E-state index contributed by atoms with van der Waals surface area (Å²) >= 11 is 0. The van der Waals surface area contributed by atoms with Gasteiger partial charge in [0.25, 0.3) is 5.91 Å². The van der Waals surface area contributed by atoms with Crippen molar-refractivity contribution in [3.63, 3.8) is 0 Å². The Kier molecular flexibility index (Phi) is 4.94. The van der Waals surface area contributed by atoms with E-state index in [1.54, 1.807) is 6.07 Å². The number of aryl methyl sites for hydroxylation is 1. The van der Waals surface area contributed by atoms with Gasteiger partial charge in [-0.2, -0.15) is 5.10 Å². The number of hydrogen-bond acceptors (Lipinski definition) is 5. The molecule has 7 nitrogen and oxygen atoms in total. The van der Waals surface area contributed by atoms with E-state index in [1.165, 1.54) is 0 Å². The van der Waals surface area contributed by atoms with Gasteiger partial charge >= 0.3 is 0 Å². The van der Waals surface area contributed by atoms with Gasteiger partial charge in [-0.1, -0.05) is 13.8 Å². The maximum atomic E-state index is 12.7. The molecule has 0 bridgehead atoms. The van der Waals surface area contributed by atoms with E-state index in [4.69, 9.17) is 10.5 Å². The van der Waals surface area contributed by atoms with Crippen molar-refractivity contribution in [2.24, 2.45) is 11.1 Å². The second kappa shape index (κ2) is 7.30. The zero-order valence-electron chi connectivity index (χ0n) is 17.2. The number of fused-ring (bicyclic) bond motifs is 1. The molecule has 7 heteroatoms. The second-order valence-corrected chi connectivity index (χ2v) is 8.87. The van der Waals surface area contributed by atoms with Gasteiger partial charge in [-0.25, -0.2) is 4.68 Å². The predicted octanol–water partition coefficient (Wildman–Crippen LogP) is 3.03. The van der Waals surface area contributed by atoms with E-state index in [9.17, 15) is 9.59 Å². The standard InChI is InChI=1S/C22H28N4O3/c1-13-20-18(10-22(2,3)11-19(20)27)26(25-13)14-6-7-16(21(23)28)17(9-14)24-12-15-5-4-8-29-15/h6-7,9,15,24H,4-5,8,10-12H2,1-3H3,(H2,23,28)/t15-/m1/s1. The number of nitrogens with two attached hydrogens (primary N) is 1. The molecule has 2 aromatic rings. The van der Waals surface area contributed by atoms with Crippen LogP contribution in [0, 0.1) is 12.3 Å². The van der Waals surface area contributed by atoms with E-state index in [0.717, 1.165) is 48.5 Å². The van der Waals surface area contributed by atoms with Crippen molar-refractivity contribution in [1.82, 2.24) is 9.78 Å². The van der Waals surface area contributed by atoms with Crippen LogP contribution in [0.1, 0.15) is 65.2 Å². The van der Waals surface area contributed by atoms with E-state index < -0.39 is 5.91 Å². The fourth-order valence-corrected chi connectivity index (χ4v) is 4.41. The number of nitrogens with zero attached hydrogens (tertiary/aromatic N) is 2. The number of Topliss-reactive ketones (excluding diaryl/α,β-unsaturated/α-hetero) is 1. The molecule has 0 saturated carbocycles. The van der Waals surface area contributed by atoms with Gasteiger partial charge in [0.15, 0.2) is 5.78 Å². The first-order valence-electron chi connectivity index (χ1n) is 10.2. The van der Waals surface area contributed by atoms with Crippen molar-refractivity contribution in [2.75, 3.05) is 18.5 Å². The minimum absolute atomic E-state index is 0.109. The average Bonchev–Trinajstić information content (AvgIpc) is 3.26. The number of ketones is 1. The summed E-state index contributed by atoms with van der Waals surface area (Å²) in [5, 5.41) is 7.98. The summed E-state index contributed by atoms with van der Waals surface area (Å²) in [6, 6.07) is 5.43. The van der Waals surface area contributed by atoms with Crippen molar-refractivity contribution in [3.8, 4) is 5.69 Å². The Labute approximate surface area is 170 Å². The summed E-state index contributed by atoms with van der Waals surface area (Å²) in [6.45, 7) is 7.47.